The Labute approximate surface area is 152 Å². The average molecular weight is 443 g/mol. The van der Waals surface area contributed by atoms with Crippen LogP contribution in [-0.2, 0) is 0 Å². The summed E-state index contributed by atoms with van der Waals surface area (Å²) in [4.78, 5) is 20.1. The van der Waals surface area contributed by atoms with Crippen LogP contribution >= 0.6 is 33.9 Å². The third-order valence-electron chi connectivity index (χ3n) is 3.88. The molecule has 1 aromatic heterocycles. The largest absolute Gasteiger partial charge is 0.397 e. The Hall–Kier alpha value is -1.39. The minimum absolute atomic E-state index is 0.145. The number of carbonyl (C=O) groups excluding carboxylic acids is 1. The third-order valence-corrected chi connectivity index (χ3v) is 4.90. The topological polar surface area (TPSA) is 74.5 Å². The van der Waals surface area contributed by atoms with Crippen molar-refractivity contribution >= 4 is 54.3 Å². The summed E-state index contributed by atoms with van der Waals surface area (Å²) in [5, 5.41) is 5.21. The predicted octanol–water partition coefficient (Wildman–Crippen LogP) is 3.11. The normalized spacial score (nSPS) is 15.7. The molecule has 1 saturated heterocycles. The number of nitrogens with zero attached hydrogens (tertiary/aromatic N) is 3. The molecule has 1 aliphatic rings. The van der Waals surface area contributed by atoms with Crippen molar-refractivity contribution in [3.05, 3.63) is 23.6 Å². The van der Waals surface area contributed by atoms with E-state index in [-0.39, 0.29) is 3.91 Å². The Morgan fingerprint density at radius 3 is 2.74 bits per heavy atom. The summed E-state index contributed by atoms with van der Waals surface area (Å²) >= 11 is 3.10. The minimum Gasteiger partial charge on any atom is -0.397 e. The number of nitrogens with two attached hydrogens (primary N) is 1. The van der Waals surface area contributed by atoms with Gasteiger partial charge in [0.15, 0.2) is 5.13 Å². The molecule has 0 bridgehead atoms. The van der Waals surface area contributed by atoms with E-state index in [1.54, 1.807) is 22.6 Å². The van der Waals surface area contributed by atoms with Gasteiger partial charge in [0.25, 0.3) is 3.91 Å². The molecular formula is C15H18IN5OS. The molecule has 23 heavy (non-hydrogen) atoms. The maximum atomic E-state index is 11.1. The molecule has 2 aromatic rings. The summed E-state index contributed by atoms with van der Waals surface area (Å²) in [6.45, 7) is 4.07. The van der Waals surface area contributed by atoms with Gasteiger partial charge in [-0.05, 0) is 19.2 Å². The molecule has 0 unspecified atom stereocenters. The van der Waals surface area contributed by atoms with Crippen molar-refractivity contribution in [3.63, 3.8) is 0 Å². The van der Waals surface area contributed by atoms with Crippen molar-refractivity contribution in [1.82, 2.24) is 9.88 Å². The van der Waals surface area contributed by atoms with E-state index in [0.717, 1.165) is 48.8 Å². The summed E-state index contributed by atoms with van der Waals surface area (Å²) in [5.41, 5.74) is 9.90. The van der Waals surface area contributed by atoms with Gasteiger partial charge >= 0.3 is 0 Å². The van der Waals surface area contributed by atoms with Gasteiger partial charge in [0.05, 0.1) is 17.1 Å². The number of hydrogen-bond acceptors (Lipinski definition) is 6. The van der Waals surface area contributed by atoms with Crippen molar-refractivity contribution in [2.24, 2.45) is 0 Å². The number of nitrogens with one attached hydrogen (secondary N) is 1. The fourth-order valence-corrected chi connectivity index (χ4v) is 3.75. The van der Waals surface area contributed by atoms with E-state index < -0.39 is 0 Å². The van der Waals surface area contributed by atoms with Gasteiger partial charge in [0.1, 0.15) is 0 Å². The summed E-state index contributed by atoms with van der Waals surface area (Å²) in [5.74, 6) is 0. The first-order valence-electron chi connectivity index (χ1n) is 7.28. The Morgan fingerprint density at radius 2 is 2.09 bits per heavy atom. The Bertz CT molecular complexity index is 712. The Kier molecular flexibility index (Phi) is 5.02. The highest BCUT2D eigenvalue weighted by molar-refractivity contribution is 14.1. The number of aromatic nitrogens is 1. The van der Waals surface area contributed by atoms with E-state index in [2.05, 4.69) is 33.2 Å². The van der Waals surface area contributed by atoms with Gasteiger partial charge in [0.2, 0.25) is 0 Å². The fraction of sp³-hybridized carbons (Fsp3) is 0.333. The van der Waals surface area contributed by atoms with Crippen molar-refractivity contribution in [2.75, 3.05) is 49.2 Å². The van der Waals surface area contributed by atoms with Crippen LogP contribution in [0.25, 0.3) is 11.3 Å². The smallest absolute Gasteiger partial charge is 0.286 e. The van der Waals surface area contributed by atoms with Crippen molar-refractivity contribution < 1.29 is 4.79 Å². The van der Waals surface area contributed by atoms with Gasteiger partial charge in [-0.15, -0.1) is 11.3 Å². The number of piperazine rings is 1. The number of benzene rings is 1. The lowest BCUT2D eigenvalue weighted by molar-refractivity contribution is 0.272. The molecule has 0 saturated carbocycles. The summed E-state index contributed by atoms with van der Waals surface area (Å²) in [6.07, 6.45) is 0. The van der Waals surface area contributed by atoms with Crippen LogP contribution in [0.4, 0.5) is 21.3 Å². The number of nitrogen functional groups attached to an aromatic ring is 1. The van der Waals surface area contributed by atoms with Gasteiger partial charge in [-0.1, -0.05) is 6.07 Å². The minimum atomic E-state index is -0.145. The number of carbonyl (C=O) groups is 1. The Morgan fingerprint density at radius 1 is 1.35 bits per heavy atom. The monoisotopic (exact) mass is 443 g/mol. The van der Waals surface area contributed by atoms with Crippen LogP contribution in [0.3, 0.4) is 0 Å². The lowest BCUT2D eigenvalue weighted by Crippen LogP contribution is -2.44. The summed E-state index contributed by atoms with van der Waals surface area (Å²) < 4.78 is -0.145. The van der Waals surface area contributed by atoms with E-state index in [1.165, 1.54) is 11.3 Å². The van der Waals surface area contributed by atoms with Gasteiger partial charge in [0, 0.05) is 59.7 Å². The molecule has 1 fully saturated rings. The van der Waals surface area contributed by atoms with Crippen LogP contribution in [0.15, 0.2) is 23.6 Å². The number of halogens is 1. The van der Waals surface area contributed by atoms with Crippen LogP contribution in [-0.4, -0.2) is 47.0 Å². The van der Waals surface area contributed by atoms with Gasteiger partial charge in [-0.3, -0.25) is 10.1 Å². The van der Waals surface area contributed by atoms with E-state index >= 15 is 0 Å². The molecule has 0 atom stereocenters. The average Bonchev–Trinajstić information content (AvgIpc) is 2.96. The maximum Gasteiger partial charge on any atom is 0.286 e. The van der Waals surface area contributed by atoms with Crippen molar-refractivity contribution in [2.45, 2.75) is 0 Å². The molecule has 2 heterocycles. The fourth-order valence-electron chi connectivity index (χ4n) is 2.60. The standard InChI is InChI=1S/C15H18IN5OS/c1-20-4-6-21(7-5-20)13-3-2-10(8-11(13)17)12-9-23-15(18-12)19-14(16)22/h2-3,8-9H,4-7,17H2,1H3,(H,18,19,22). The maximum absolute atomic E-state index is 11.1. The zero-order valence-corrected chi connectivity index (χ0v) is 15.7. The first-order chi connectivity index (χ1) is 11.0. The highest BCUT2D eigenvalue weighted by atomic mass is 127. The summed E-state index contributed by atoms with van der Waals surface area (Å²) in [6, 6.07) is 6.05. The lowest BCUT2D eigenvalue weighted by Gasteiger charge is -2.34. The zero-order chi connectivity index (χ0) is 16.4. The molecule has 1 amide bonds. The van der Waals surface area contributed by atoms with E-state index in [9.17, 15) is 4.79 Å². The number of anilines is 3. The van der Waals surface area contributed by atoms with Crippen molar-refractivity contribution in [1.29, 1.82) is 0 Å². The molecule has 122 valence electrons. The molecule has 0 spiro atoms. The van der Waals surface area contributed by atoms with Crippen LogP contribution in [0.2, 0.25) is 0 Å². The van der Waals surface area contributed by atoms with Gasteiger partial charge < -0.3 is 15.5 Å². The number of thiazole rings is 1. The van der Waals surface area contributed by atoms with Crippen molar-refractivity contribution in [3.8, 4) is 11.3 Å². The highest BCUT2D eigenvalue weighted by Crippen LogP contribution is 2.31. The molecule has 6 nitrogen and oxygen atoms in total. The molecule has 1 aromatic carbocycles. The number of rotatable bonds is 3. The van der Waals surface area contributed by atoms with E-state index in [0.29, 0.717) is 5.13 Å². The van der Waals surface area contributed by atoms with E-state index in [4.69, 9.17) is 5.73 Å². The predicted molar refractivity (Wildman–Crippen MR) is 105 cm³/mol. The van der Waals surface area contributed by atoms with Crippen LogP contribution in [0.1, 0.15) is 0 Å². The van der Waals surface area contributed by atoms with Crippen LogP contribution in [0, 0.1) is 0 Å². The molecule has 1 aliphatic heterocycles. The number of hydrogen-bond donors (Lipinski definition) is 2. The molecule has 0 aliphatic carbocycles. The Balaban J connectivity index is 1.79. The molecular weight excluding hydrogens is 425 g/mol. The summed E-state index contributed by atoms with van der Waals surface area (Å²) in [7, 11) is 2.14. The van der Waals surface area contributed by atoms with Gasteiger partial charge in [-0.2, -0.15) is 0 Å². The highest BCUT2D eigenvalue weighted by Gasteiger charge is 2.17. The second kappa shape index (κ2) is 7.02. The lowest BCUT2D eigenvalue weighted by atomic mass is 10.1. The molecule has 8 heteroatoms. The first-order valence-corrected chi connectivity index (χ1v) is 9.24. The second-order valence-electron chi connectivity index (χ2n) is 5.50. The molecule has 3 rings (SSSR count). The number of amides is 1. The molecule has 3 N–H and O–H groups in total. The molecule has 0 radical (unpaired) electrons. The first kappa shape index (κ1) is 16.5. The van der Waals surface area contributed by atoms with Crippen LogP contribution in [0.5, 0.6) is 0 Å². The van der Waals surface area contributed by atoms with E-state index in [1.807, 2.05) is 17.5 Å². The number of likely N-dealkylation sites (N-methyl/N-ethyl adjacent to an activating group) is 1. The second-order valence-corrected chi connectivity index (χ2v) is 7.34. The van der Waals surface area contributed by atoms with Crippen LogP contribution < -0.4 is 16.0 Å². The SMILES string of the molecule is CN1CCN(c2ccc(-c3csc(NC(=O)I)n3)cc2N)CC1. The van der Waals surface area contributed by atoms with Gasteiger partial charge in [-0.25, -0.2) is 4.98 Å². The quantitative estimate of drug-likeness (QED) is 0.330. The zero-order valence-electron chi connectivity index (χ0n) is 12.8. The third kappa shape index (κ3) is 3.93.